The molecule has 0 fully saturated rings. The predicted molar refractivity (Wildman–Crippen MR) is 86.6 cm³/mol. The number of nitrogens with one attached hydrogen (secondary N) is 1. The molecule has 0 aliphatic rings. The number of nitro groups is 1. The molecule has 0 amide bonds. The molecular weight excluding hydrogens is 335 g/mol. The van der Waals surface area contributed by atoms with E-state index in [0.29, 0.717) is 26.3 Å². The minimum atomic E-state index is -0.413. The molecule has 0 bridgehead atoms. The van der Waals surface area contributed by atoms with Crippen LogP contribution in [0.1, 0.15) is 18.5 Å². The molecular formula is C14H11Cl3N2O2. The van der Waals surface area contributed by atoms with Crippen molar-refractivity contribution in [2.75, 3.05) is 5.32 Å². The molecule has 2 rings (SSSR count). The zero-order valence-corrected chi connectivity index (χ0v) is 13.2. The Morgan fingerprint density at radius 1 is 1.10 bits per heavy atom. The topological polar surface area (TPSA) is 55.2 Å². The lowest BCUT2D eigenvalue weighted by Gasteiger charge is -2.17. The summed E-state index contributed by atoms with van der Waals surface area (Å²) in [7, 11) is 0. The molecule has 0 aliphatic carbocycles. The second-order valence-corrected chi connectivity index (χ2v) is 5.65. The molecule has 1 unspecified atom stereocenters. The van der Waals surface area contributed by atoms with Gasteiger partial charge in [-0.3, -0.25) is 10.1 Å². The van der Waals surface area contributed by atoms with Gasteiger partial charge in [0.25, 0.3) is 5.69 Å². The number of benzene rings is 2. The van der Waals surface area contributed by atoms with E-state index in [9.17, 15) is 10.1 Å². The predicted octanol–water partition coefficient (Wildman–Crippen LogP) is 5.73. The van der Waals surface area contributed by atoms with Gasteiger partial charge in [0.1, 0.15) is 0 Å². The molecule has 1 atom stereocenters. The van der Waals surface area contributed by atoms with Crippen LogP contribution < -0.4 is 5.32 Å². The van der Waals surface area contributed by atoms with Crippen molar-refractivity contribution in [2.24, 2.45) is 0 Å². The molecule has 2 aromatic carbocycles. The molecule has 0 aliphatic heterocycles. The van der Waals surface area contributed by atoms with Gasteiger partial charge in [-0.15, -0.1) is 0 Å². The minimum Gasteiger partial charge on any atom is -0.377 e. The lowest BCUT2D eigenvalue weighted by Crippen LogP contribution is -2.09. The summed E-state index contributed by atoms with van der Waals surface area (Å²) in [5.41, 5.74) is 1.18. The maximum Gasteiger partial charge on any atom is 0.274 e. The molecule has 21 heavy (non-hydrogen) atoms. The Balaban J connectivity index is 2.33. The first-order chi connectivity index (χ1) is 9.90. The highest BCUT2D eigenvalue weighted by Gasteiger charge is 2.19. The van der Waals surface area contributed by atoms with Crippen LogP contribution in [-0.2, 0) is 0 Å². The molecule has 2 aromatic rings. The molecule has 4 nitrogen and oxygen atoms in total. The smallest absolute Gasteiger partial charge is 0.274 e. The lowest BCUT2D eigenvalue weighted by atomic mass is 10.1. The summed E-state index contributed by atoms with van der Waals surface area (Å²) >= 11 is 17.9. The third kappa shape index (κ3) is 3.59. The minimum absolute atomic E-state index is 0.0497. The van der Waals surface area contributed by atoms with Crippen LogP contribution in [0.25, 0.3) is 0 Å². The fourth-order valence-corrected chi connectivity index (χ4v) is 2.57. The maximum absolute atomic E-state index is 11.1. The van der Waals surface area contributed by atoms with E-state index in [1.807, 2.05) is 0 Å². The number of nitrogens with zero attached hydrogens (tertiary/aromatic N) is 1. The summed E-state index contributed by atoms with van der Waals surface area (Å²) in [4.78, 5) is 10.6. The zero-order valence-electron chi connectivity index (χ0n) is 10.9. The van der Waals surface area contributed by atoms with Crippen molar-refractivity contribution in [1.82, 2.24) is 0 Å². The summed E-state index contributed by atoms with van der Waals surface area (Å²) in [6, 6.07) is 9.33. The summed E-state index contributed by atoms with van der Waals surface area (Å²) in [5.74, 6) is 0. The average molecular weight is 346 g/mol. The summed E-state index contributed by atoms with van der Waals surface area (Å²) < 4.78 is 0. The number of halogens is 3. The number of nitro benzene ring substituents is 1. The van der Waals surface area contributed by atoms with Gasteiger partial charge in [0, 0.05) is 6.07 Å². The number of hydrogen-bond acceptors (Lipinski definition) is 3. The van der Waals surface area contributed by atoms with Gasteiger partial charge in [-0.2, -0.15) is 0 Å². The molecule has 0 saturated carbocycles. The Labute approximate surface area is 136 Å². The number of hydrogen-bond donors (Lipinski definition) is 1. The van der Waals surface area contributed by atoms with E-state index in [4.69, 9.17) is 34.8 Å². The third-order valence-corrected chi connectivity index (χ3v) is 4.02. The zero-order chi connectivity index (χ0) is 15.6. The Morgan fingerprint density at radius 3 is 2.38 bits per heavy atom. The van der Waals surface area contributed by atoms with Gasteiger partial charge in [-0.05, 0) is 19.1 Å². The van der Waals surface area contributed by atoms with Gasteiger partial charge in [0.15, 0.2) is 0 Å². The van der Waals surface area contributed by atoms with Gasteiger partial charge >= 0.3 is 0 Å². The first-order valence-corrected chi connectivity index (χ1v) is 7.18. The monoisotopic (exact) mass is 344 g/mol. The quantitative estimate of drug-likeness (QED) is 0.437. The lowest BCUT2D eigenvalue weighted by molar-refractivity contribution is -0.385. The van der Waals surface area contributed by atoms with Crippen molar-refractivity contribution < 1.29 is 4.92 Å². The molecule has 0 aromatic heterocycles. The van der Waals surface area contributed by atoms with Crippen molar-refractivity contribution in [2.45, 2.75) is 13.0 Å². The van der Waals surface area contributed by atoms with Crippen LogP contribution in [0.3, 0.4) is 0 Å². The van der Waals surface area contributed by atoms with Crippen LogP contribution in [0.4, 0.5) is 11.4 Å². The molecule has 7 heteroatoms. The Kier molecular flexibility index (Phi) is 4.93. The molecule has 0 radical (unpaired) electrons. The van der Waals surface area contributed by atoms with E-state index in [2.05, 4.69) is 5.32 Å². The Bertz CT molecular complexity index is 692. The average Bonchev–Trinajstić information content (AvgIpc) is 2.44. The highest BCUT2D eigenvalue weighted by Crippen LogP contribution is 2.35. The summed E-state index contributed by atoms with van der Waals surface area (Å²) in [6.07, 6.45) is 0. The third-order valence-electron chi connectivity index (χ3n) is 2.98. The number of anilines is 1. The van der Waals surface area contributed by atoms with E-state index in [-0.39, 0.29) is 11.7 Å². The maximum atomic E-state index is 11.1. The second-order valence-electron chi connectivity index (χ2n) is 4.43. The van der Waals surface area contributed by atoms with Gasteiger partial charge in [0.05, 0.1) is 37.3 Å². The largest absolute Gasteiger partial charge is 0.377 e. The van der Waals surface area contributed by atoms with E-state index < -0.39 is 4.92 Å². The van der Waals surface area contributed by atoms with Gasteiger partial charge in [-0.1, -0.05) is 53.0 Å². The SMILES string of the molecule is CC(Nc1cc(Cl)c(Cl)cc1Cl)c1ccccc1[N+](=O)[O-]. The number of para-hydroxylation sites is 1. The fraction of sp³-hybridized carbons (Fsp3) is 0.143. The summed E-state index contributed by atoms with van der Waals surface area (Å²) in [6.45, 7) is 1.81. The van der Waals surface area contributed by atoms with Crippen molar-refractivity contribution in [3.05, 3.63) is 67.1 Å². The molecule has 110 valence electrons. The first kappa shape index (κ1) is 15.9. The normalized spacial score (nSPS) is 12.0. The van der Waals surface area contributed by atoms with Crippen LogP contribution in [0.15, 0.2) is 36.4 Å². The van der Waals surface area contributed by atoms with Gasteiger partial charge in [-0.25, -0.2) is 0 Å². The van der Waals surface area contributed by atoms with Crippen molar-refractivity contribution in [3.8, 4) is 0 Å². The molecule has 1 N–H and O–H groups in total. The van der Waals surface area contributed by atoms with E-state index in [0.717, 1.165) is 0 Å². The molecule has 0 heterocycles. The summed E-state index contributed by atoms with van der Waals surface area (Å²) in [5, 5.41) is 15.3. The van der Waals surface area contributed by atoms with Gasteiger partial charge in [0.2, 0.25) is 0 Å². The van der Waals surface area contributed by atoms with Crippen LogP contribution >= 0.6 is 34.8 Å². The van der Waals surface area contributed by atoms with Crippen LogP contribution in [-0.4, -0.2) is 4.92 Å². The van der Waals surface area contributed by atoms with Gasteiger partial charge < -0.3 is 5.32 Å². The molecule has 0 saturated heterocycles. The first-order valence-electron chi connectivity index (χ1n) is 6.04. The van der Waals surface area contributed by atoms with Crippen molar-refractivity contribution in [1.29, 1.82) is 0 Å². The Hall–Kier alpha value is -1.49. The number of rotatable bonds is 4. The van der Waals surface area contributed by atoms with Crippen LogP contribution in [0.5, 0.6) is 0 Å². The van der Waals surface area contributed by atoms with E-state index in [1.54, 1.807) is 31.2 Å². The van der Waals surface area contributed by atoms with E-state index >= 15 is 0 Å². The van der Waals surface area contributed by atoms with Crippen LogP contribution in [0.2, 0.25) is 15.1 Å². The Morgan fingerprint density at radius 2 is 1.71 bits per heavy atom. The van der Waals surface area contributed by atoms with Crippen molar-refractivity contribution >= 4 is 46.2 Å². The highest BCUT2D eigenvalue weighted by atomic mass is 35.5. The second kappa shape index (κ2) is 6.52. The standard InChI is InChI=1S/C14H11Cl3N2O2/c1-8(9-4-2-3-5-14(9)19(20)21)18-13-7-11(16)10(15)6-12(13)17/h2-8,18H,1H3. The fourth-order valence-electron chi connectivity index (χ4n) is 1.96. The molecule has 0 spiro atoms. The van der Waals surface area contributed by atoms with Crippen LogP contribution in [0, 0.1) is 10.1 Å². The highest BCUT2D eigenvalue weighted by molar-refractivity contribution is 6.44. The van der Waals surface area contributed by atoms with Crippen molar-refractivity contribution in [3.63, 3.8) is 0 Å². The van der Waals surface area contributed by atoms with E-state index in [1.165, 1.54) is 12.1 Å².